The zero-order valence-electron chi connectivity index (χ0n) is 12.9. The molecule has 2 N–H and O–H groups in total. The lowest BCUT2D eigenvalue weighted by Gasteiger charge is -2.08. The van der Waals surface area contributed by atoms with Crippen LogP contribution in [-0.4, -0.2) is 37.8 Å². The van der Waals surface area contributed by atoms with Gasteiger partial charge >= 0.3 is 0 Å². The molecule has 0 saturated carbocycles. The van der Waals surface area contributed by atoms with Gasteiger partial charge in [0.15, 0.2) is 6.29 Å². The van der Waals surface area contributed by atoms with Crippen LogP contribution in [0, 0.1) is 0 Å². The highest BCUT2D eigenvalue weighted by atomic mass is 16.5. The lowest BCUT2D eigenvalue weighted by atomic mass is 10.1. The number of rotatable bonds is 7. The number of hydrogen-bond acceptors (Lipinski definition) is 4. The first-order chi connectivity index (χ1) is 10.5. The fraction of sp³-hybridized carbons (Fsp3) is 0.312. The largest absolute Gasteiger partial charge is 0.489 e. The van der Waals surface area contributed by atoms with Crippen molar-refractivity contribution in [2.24, 2.45) is 0 Å². The second kappa shape index (κ2) is 8.61. The Hall–Kier alpha value is -2.63. The maximum absolute atomic E-state index is 11.5. The van der Waals surface area contributed by atoms with Crippen molar-refractivity contribution in [2.75, 3.05) is 13.7 Å². The molecule has 0 aliphatic rings. The number of benzene rings is 1. The van der Waals surface area contributed by atoms with E-state index in [4.69, 9.17) is 4.74 Å². The Morgan fingerprint density at radius 3 is 2.64 bits per heavy atom. The van der Waals surface area contributed by atoms with Crippen molar-refractivity contribution in [3.05, 3.63) is 41.5 Å². The summed E-state index contributed by atoms with van der Waals surface area (Å²) in [5, 5.41) is 5.19. The van der Waals surface area contributed by atoms with E-state index >= 15 is 0 Å². The molecule has 6 nitrogen and oxygen atoms in total. The number of hydrogen-bond donors (Lipinski definition) is 2. The Balaban J connectivity index is 2.66. The first kappa shape index (κ1) is 17.4. The van der Waals surface area contributed by atoms with E-state index in [1.54, 1.807) is 18.2 Å². The molecule has 22 heavy (non-hydrogen) atoms. The van der Waals surface area contributed by atoms with Gasteiger partial charge in [-0.1, -0.05) is 0 Å². The number of carbonyl (C=O) groups is 3. The van der Waals surface area contributed by atoms with Gasteiger partial charge in [-0.05, 0) is 38.1 Å². The maximum atomic E-state index is 11.5. The summed E-state index contributed by atoms with van der Waals surface area (Å²) < 4.78 is 5.42. The molecule has 0 fully saturated rings. The van der Waals surface area contributed by atoms with Crippen LogP contribution in [0.1, 0.15) is 34.6 Å². The molecule has 0 radical (unpaired) electrons. The van der Waals surface area contributed by atoms with Crippen LogP contribution in [0.4, 0.5) is 0 Å². The summed E-state index contributed by atoms with van der Waals surface area (Å²) in [6.45, 7) is 3.88. The van der Waals surface area contributed by atoms with E-state index in [9.17, 15) is 14.4 Å². The van der Waals surface area contributed by atoms with Gasteiger partial charge in [-0.3, -0.25) is 14.4 Å². The van der Waals surface area contributed by atoms with E-state index in [0.717, 1.165) is 0 Å². The minimum atomic E-state index is -0.278. The molecule has 1 rings (SSSR count). The Labute approximate surface area is 129 Å². The fourth-order valence-electron chi connectivity index (χ4n) is 1.68. The maximum Gasteiger partial charge on any atom is 0.251 e. The van der Waals surface area contributed by atoms with Gasteiger partial charge in [-0.2, -0.15) is 0 Å². The molecule has 0 atom stereocenters. The molecule has 1 aromatic rings. The number of carbonyl (C=O) groups excluding carboxylic acids is 3. The zero-order valence-corrected chi connectivity index (χ0v) is 12.9. The SMILES string of the molecule is CNC(=O)c1ccc(OC/C=C/C(=O)NC(C)C)c(C=O)c1. The van der Waals surface area contributed by atoms with Crippen LogP contribution >= 0.6 is 0 Å². The average molecular weight is 304 g/mol. The summed E-state index contributed by atoms with van der Waals surface area (Å²) in [5.74, 6) is -0.124. The minimum absolute atomic E-state index is 0.0667. The normalized spacial score (nSPS) is 10.5. The molecule has 118 valence electrons. The monoisotopic (exact) mass is 304 g/mol. The van der Waals surface area contributed by atoms with Crippen LogP contribution in [0.5, 0.6) is 5.75 Å². The van der Waals surface area contributed by atoms with Crippen molar-refractivity contribution < 1.29 is 19.1 Å². The van der Waals surface area contributed by atoms with E-state index in [1.807, 2.05) is 13.8 Å². The summed E-state index contributed by atoms with van der Waals surface area (Å²) in [4.78, 5) is 33.9. The minimum Gasteiger partial charge on any atom is -0.489 e. The number of nitrogens with one attached hydrogen (secondary N) is 2. The third-order valence-electron chi connectivity index (χ3n) is 2.66. The molecule has 0 aromatic heterocycles. The van der Waals surface area contributed by atoms with Crippen LogP contribution < -0.4 is 15.4 Å². The second-order valence-electron chi connectivity index (χ2n) is 4.83. The molecule has 0 bridgehead atoms. The van der Waals surface area contributed by atoms with Crippen molar-refractivity contribution in [3.63, 3.8) is 0 Å². The molecule has 0 unspecified atom stereocenters. The Morgan fingerprint density at radius 2 is 2.05 bits per heavy atom. The van der Waals surface area contributed by atoms with Gasteiger partial charge in [0.2, 0.25) is 5.91 Å². The van der Waals surface area contributed by atoms with Gasteiger partial charge in [-0.15, -0.1) is 0 Å². The highest BCUT2D eigenvalue weighted by molar-refractivity contribution is 5.96. The molecule has 0 aliphatic carbocycles. The molecule has 6 heteroatoms. The third-order valence-corrected chi connectivity index (χ3v) is 2.66. The average Bonchev–Trinajstić information content (AvgIpc) is 2.50. The van der Waals surface area contributed by atoms with Crippen LogP contribution in [0.2, 0.25) is 0 Å². The number of aldehydes is 1. The van der Waals surface area contributed by atoms with Gasteiger partial charge in [0.25, 0.3) is 5.91 Å². The Kier molecular flexibility index (Phi) is 6.82. The predicted molar refractivity (Wildman–Crippen MR) is 83.1 cm³/mol. The van der Waals surface area contributed by atoms with Crippen molar-refractivity contribution in [1.82, 2.24) is 10.6 Å². The summed E-state index contributed by atoms with van der Waals surface area (Å²) in [7, 11) is 1.51. The van der Waals surface area contributed by atoms with Crippen molar-refractivity contribution in [2.45, 2.75) is 19.9 Å². The summed E-state index contributed by atoms with van der Waals surface area (Å²) in [6, 6.07) is 4.64. The molecule has 2 amide bonds. The molecule has 0 aliphatic heterocycles. The van der Waals surface area contributed by atoms with E-state index in [0.29, 0.717) is 17.6 Å². The Morgan fingerprint density at radius 1 is 1.32 bits per heavy atom. The fourth-order valence-corrected chi connectivity index (χ4v) is 1.68. The first-order valence-electron chi connectivity index (χ1n) is 6.89. The predicted octanol–water partition coefficient (Wildman–Crippen LogP) is 1.32. The summed E-state index contributed by atoms with van der Waals surface area (Å²) >= 11 is 0. The second-order valence-corrected chi connectivity index (χ2v) is 4.83. The van der Waals surface area contributed by atoms with E-state index in [-0.39, 0.29) is 30.0 Å². The van der Waals surface area contributed by atoms with E-state index < -0.39 is 0 Å². The van der Waals surface area contributed by atoms with E-state index in [2.05, 4.69) is 10.6 Å². The third kappa shape index (κ3) is 5.40. The first-order valence-corrected chi connectivity index (χ1v) is 6.89. The smallest absolute Gasteiger partial charge is 0.251 e. The topological polar surface area (TPSA) is 84.5 Å². The van der Waals surface area contributed by atoms with Crippen LogP contribution in [0.3, 0.4) is 0 Å². The van der Waals surface area contributed by atoms with Crippen molar-refractivity contribution in [3.8, 4) is 5.75 Å². The highest BCUT2D eigenvalue weighted by Crippen LogP contribution is 2.18. The van der Waals surface area contributed by atoms with Gasteiger partial charge in [-0.25, -0.2) is 0 Å². The molecular weight excluding hydrogens is 284 g/mol. The van der Waals surface area contributed by atoms with Crippen molar-refractivity contribution >= 4 is 18.1 Å². The van der Waals surface area contributed by atoms with Gasteiger partial charge in [0, 0.05) is 24.7 Å². The molecule has 1 aromatic carbocycles. The zero-order chi connectivity index (χ0) is 16.5. The molecule has 0 heterocycles. The lowest BCUT2D eigenvalue weighted by Crippen LogP contribution is -2.28. The van der Waals surface area contributed by atoms with Gasteiger partial charge in [0.05, 0.1) is 5.56 Å². The molecule has 0 spiro atoms. The number of ether oxygens (including phenoxy) is 1. The van der Waals surface area contributed by atoms with Crippen LogP contribution in [0.15, 0.2) is 30.4 Å². The van der Waals surface area contributed by atoms with Crippen molar-refractivity contribution in [1.29, 1.82) is 0 Å². The van der Waals surface area contributed by atoms with Gasteiger partial charge < -0.3 is 15.4 Å². The van der Waals surface area contributed by atoms with Crippen LogP contribution in [0.25, 0.3) is 0 Å². The summed E-state index contributed by atoms with van der Waals surface area (Å²) in [5.41, 5.74) is 0.657. The van der Waals surface area contributed by atoms with Crippen LogP contribution in [-0.2, 0) is 4.79 Å². The lowest BCUT2D eigenvalue weighted by molar-refractivity contribution is -0.117. The highest BCUT2D eigenvalue weighted by Gasteiger charge is 2.08. The van der Waals surface area contributed by atoms with E-state index in [1.165, 1.54) is 19.2 Å². The molecular formula is C16H20N2O4. The standard InChI is InChI=1S/C16H20N2O4/c1-11(2)18-15(20)5-4-8-22-14-7-6-12(16(21)17-3)9-13(14)10-19/h4-7,9-11H,8H2,1-3H3,(H,17,21)(H,18,20)/b5-4+. The Bertz CT molecular complexity index is 580. The quantitative estimate of drug-likeness (QED) is 0.588. The molecule has 0 saturated heterocycles. The number of amides is 2. The summed E-state index contributed by atoms with van der Waals surface area (Å²) in [6.07, 6.45) is 3.55. The van der Waals surface area contributed by atoms with Gasteiger partial charge in [0.1, 0.15) is 12.4 Å².